The number of methoxy groups -OCH3 is 1. The van der Waals surface area contributed by atoms with Gasteiger partial charge in [-0.2, -0.15) is 0 Å². The average molecular weight is 309 g/mol. The Morgan fingerprint density at radius 3 is 2.72 bits per heavy atom. The quantitative estimate of drug-likeness (QED) is 0.849. The summed E-state index contributed by atoms with van der Waals surface area (Å²) in [6.07, 6.45) is 4.16. The fourth-order valence-electron chi connectivity index (χ4n) is 3.12. The molecule has 18 heavy (non-hydrogen) atoms. The normalized spacial score (nSPS) is 28.9. The lowest BCUT2D eigenvalue weighted by atomic mass is 9.93. The first-order chi connectivity index (χ1) is 8.67. The van der Waals surface area contributed by atoms with E-state index in [1.165, 1.54) is 6.42 Å². The number of ketones is 1. The molecule has 0 saturated heterocycles. The van der Waals surface area contributed by atoms with Crippen LogP contribution >= 0.6 is 15.9 Å². The van der Waals surface area contributed by atoms with Gasteiger partial charge in [0.15, 0.2) is 0 Å². The largest absolute Gasteiger partial charge is 0.497 e. The van der Waals surface area contributed by atoms with Crippen molar-refractivity contribution in [2.45, 2.75) is 25.7 Å². The molecule has 2 aliphatic carbocycles. The molecule has 1 aromatic rings. The molecule has 2 atom stereocenters. The third kappa shape index (κ3) is 2.33. The number of hydrogen-bond donors (Lipinski definition) is 0. The Labute approximate surface area is 116 Å². The van der Waals surface area contributed by atoms with Gasteiger partial charge in [0.05, 0.1) is 7.11 Å². The number of carbonyl (C=O) groups is 1. The van der Waals surface area contributed by atoms with Crippen LogP contribution in [0, 0.1) is 17.8 Å². The number of hydrogen-bond acceptors (Lipinski definition) is 2. The lowest BCUT2D eigenvalue weighted by molar-refractivity contribution is -0.122. The fourth-order valence-corrected chi connectivity index (χ4v) is 3.51. The summed E-state index contributed by atoms with van der Waals surface area (Å²) in [5.41, 5.74) is 1.04. The van der Waals surface area contributed by atoms with E-state index in [1.54, 1.807) is 7.11 Å². The topological polar surface area (TPSA) is 26.3 Å². The van der Waals surface area contributed by atoms with Crippen LogP contribution in [0.1, 0.15) is 24.8 Å². The SMILES string of the molecule is COc1ccc(Br)c(CC(=O)C2CC3CC3C2)c1. The second kappa shape index (κ2) is 4.69. The van der Waals surface area contributed by atoms with E-state index >= 15 is 0 Å². The van der Waals surface area contributed by atoms with Crippen LogP contribution in [0.2, 0.25) is 0 Å². The third-order valence-electron chi connectivity index (χ3n) is 4.32. The summed E-state index contributed by atoms with van der Waals surface area (Å²) in [6, 6.07) is 5.81. The van der Waals surface area contributed by atoms with Crippen LogP contribution in [0.25, 0.3) is 0 Å². The number of ether oxygens (including phenoxy) is 1. The molecule has 0 amide bonds. The van der Waals surface area contributed by atoms with Crippen LogP contribution in [-0.4, -0.2) is 12.9 Å². The second-order valence-corrected chi connectivity index (χ2v) is 6.38. The van der Waals surface area contributed by atoms with E-state index in [-0.39, 0.29) is 0 Å². The van der Waals surface area contributed by atoms with E-state index in [0.29, 0.717) is 18.1 Å². The maximum Gasteiger partial charge on any atom is 0.140 e. The molecule has 0 spiro atoms. The maximum atomic E-state index is 12.3. The Balaban J connectivity index is 1.69. The summed E-state index contributed by atoms with van der Waals surface area (Å²) in [5, 5.41) is 0. The molecule has 2 nitrogen and oxygen atoms in total. The Morgan fingerprint density at radius 2 is 2.06 bits per heavy atom. The van der Waals surface area contributed by atoms with Gasteiger partial charge in [-0.25, -0.2) is 0 Å². The minimum atomic E-state index is 0.312. The Bertz CT molecular complexity index is 473. The predicted octanol–water partition coefficient (Wildman–Crippen LogP) is 3.62. The first-order valence-electron chi connectivity index (χ1n) is 6.52. The second-order valence-electron chi connectivity index (χ2n) is 5.52. The molecule has 1 aromatic carbocycles. The summed E-state index contributed by atoms with van der Waals surface area (Å²) in [4.78, 5) is 12.3. The van der Waals surface area contributed by atoms with Gasteiger partial charge in [0.1, 0.15) is 11.5 Å². The van der Waals surface area contributed by atoms with Crippen molar-refractivity contribution in [1.29, 1.82) is 0 Å². The molecule has 2 unspecified atom stereocenters. The van der Waals surface area contributed by atoms with Crippen molar-refractivity contribution in [3.8, 4) is 5.75 Å². The van der Waals surface area contributed by atoms with Gasteiger partial charge in [-0.3, -0.25) is 4.79 Å². The van der Waals surface area contributed by atoms with Crippen LogP contribution in [-0.2, 0) is 11.2 Å². The highest BCUT2D eigenvalue weighted by Gasteiger charge is 2.47. The van der Waals surface area contributed by atoms with Crippen LogP contribution in [0.3, 0.4) is 0 Å². The molecule has 3 heteroatoms. The molecule has 2 fully saturated rings. The number of rotatable bonds is 4. The first kappa shape index (κ1) is 12.2. The molecular weight excluding hydrogens is 292 g/mol. The number of fused-ring (bicyclic) bond motifs is 1. The zero-order chi connectivity index (χ0) is 12.7. The molecule has 3 rings (SSSR count). The third-order valence-corrected chi connectivity index (χ3v) is 5.09. The van der Waals surface area contributed by atoms with Crippen LogP contribution in [0.5, 0.6) is 5.75 Å². The smallest absolute Gasteiger partial charge is 0.140 e. The van der Waals surface area contributed by atoms with E-state index in [4.69, 9.17) is 4.74 Å². The molecule has 0 aliphatic heterocycles. The number of halogens is 1. The standard InChI is InChI=1S/C15H17BrO2/c1-18-13-2-3-14(16)11(7-13)8-15(17)12-5-9-4-10(9)6-12/h2-3,7,9-10,12H,4-6,8H2,1H3. The van der Waals surface area contributed by atoms with E-state index in [1.807, 2.05) is 18.2 Å². The maximum absolute atomic E-state index is 12.3. The van der Waals surface area contributed by atoms with E-state index in [0.717, 1.165) is 40.5 Å². The zero-order valence-corrected chi connectivity index (χ0v) is 12.1. The molecule has 0 N–H and O–H groups in total. The lowest BCUT2D eigenvalue weighted by Gasteiger charge is -2.12. The molecule has 0 bridgehead atoms. The Hall–Kier alpha value is -0.830. The monoisotopic (exact) mass is 308 g/mol. The molecule has 2 aliphatic rings. The van der Waals surface area contributed by atoms with Crippen LogP contribution < -0.4 is 4.74 Å². The predicted molar refractivity (Wildman–Crippen MR) is 73.7 cm³/mol. The van der Waals surface area contributed by atoms with Crippen LogP contribution in [0.4, 0.5) is 0 Å². The number of Topliss-reactive ketones (excluding diaryl/α,β-unsaturated/α-hetero) is 1. The van der Waals surface area contributed by atoms with E-state index in [9.17, 15) is 4.79 Å². The molecular formula is C15H17BrO2. The van der Waals surface area contributed by atoms with Crippen molar-refractivity contribution in [3.63, 3.8) is 0 Å². The van der Waals surface area contributed by atoms with E-state index < -0.39 is 0 Å². The van der Waals surface area contributed by atoms with Gasteiger partial charge in [0.2, 0.25) is 0 Å². The Kier molecular flexibility index (Phi) is 3.18. The summed E-state index contributed by atoms with van der Waals surface area (Å²) in [7, 11) is 1.65. The van der Waals surface area contributed by atoms with Crippen molar-refractivity contribution < 1.29 is 9.53 Å². The minimum absolute atomic E-state index is 0.312. The van der Waals surface area contributed by atoms with Gasteiger partial charge < -0.3 is 4.74 Å². The Morgan fingerprint density at radius 1 is 1.33 bits per heavy atom. The van der Waals surface area contributed by atoms with Crippen molar-refractivity contribution >= 4 is 21.7 Å². The molecule has 0 heterocycles. The highest BCUT2D eigenvalue weighted by Crippen LogP contribution is 2.54. The van der Waals surface area contributed by atoms with Crippen molar-refractivity contribution in [2.75, 3.05) is 7.11 Å². The molecule has 0 aromatic heterocycles. The highest BCUT2D eigenvalue weighted by atomic mass is 79.9. The minimum Gasteiger partial charge on any atom is -0.497 e. The van der Waals surface area contributed by atoms with Gasteiger partial charge in [-0.1, -0.05) is 15.9 Å². The van der Waals surface area contributed by atoms with Gasteiger partial charge in [0, 0.05) is 16.8 Å². The highest BCUT2D eigenvalue weighted by molar-refractivity contribution is 9.10. The number of carbonyl (C=O) groups excluding carboxylic acids is 1. The van der Waals surface area contributed by atoms with Gasteiger partial charge in [-0.05, 0) is 54.9 Å². The van der Waals surface area contributed by atoms with Gasteiger partial charge in [-0.15, -0.1) is 0 Å². The summed E-state index contributed by atoms with van der Waals surface area (Å²) >= 11 is 3.51. The average Bonchev–Trinajstić information content (AvgIpc) is 2.98. The zero-order valence-electron chi connectivity index (χ0n) is 10.5. The molecule has 0 radical (unpaired) electrons. The van der Waals surface area contributed by atoms with Crippen molar-refractivity contribution in [3.05, 3.63) is 28.2 Å². The molecule has 2 saturated carbocycles. The van der Waals surface area contributed by atoms with Crippen LogP contribution in [0.15, 0.2) is 22.7 Å². The summed E-state index contributed by atoms with van der Waals surface area (Å²) in [5.74, 6) is 3.26. The summed E-state index contributed by atoms with van der Waals surface area (Å²) in [6.45, 7) is 0. The van der Waals surface area contributed by atoms with Crippen molar-refractivity contribution in [2.24, 2.45) is 17.8 Å². The van der Waals surface area contributed by atoms with Gasteiger partial charge >= 0.3 is 0 Å². The lowest BCUT2D eigenvalue weighted by Crippen LogP contribution is -2.15. The summed E-state index contributed by atoms with van der Waals surface area (Å²) < 4.78 is 6.21. The number of benzene rings is 1. The first-order valence-corrected chi connectivity index (χ1v) is 7.32. The fraction of sp³-hybridized carbons (Fsp3) is 0.533. The molecule has 96 valence electrons. The van der Waals surface area contributed by atoms with Crippen molar-refractivity contribution in [1.82, 2.24) is 0 Å². The van der Waals surface area contributed by atoms with Gasteiger partial charge in [0.25, 0.3) is 0 Å². The van der Waals surface area contributed by atoms with E-state index in [2.05, 4.69) is 15.9 Å².